The standard InChI is InChI=1S/C35H56O2/c1-8-31(25-36-34-19-15-32(16-20-34)13-9-11-29(6)23-27(2)3)26-37-35-21-17-33(18-22-35)14-10-12-30(7)24-28(4)5/h15-22,27-31H,8-14,23-26H2,1-7H3. The van der Waals surface area contributed by atoms with Crippen LogP contribution in [0.2, 0.25) is 0 Å². The fraction of sp³-hybridized carbons (Fsp3) is 0.657. The van der Waals surface area contributed by atoms with E-state index >= 15 is 0 Å². The highest BCUT2D eigenvalue weighted by Gasteiger charge is 2.10. The van der Waals surface area contributed by atoms with Crippen molar-refractivity contribution >= 4 is 0 Å². The minimum absolute atomic E-state index is 0.379. The second-order valence-electron chi connectivity index (χ2n) is 12.4. The van der Waals surface area contributed by atoms with Crippen LogP contribution < -0.4 is 9.47 Å². The van der Waals surface area contributed by atoms with Gasteiger partial charge in [0.2, 0.25) is 0 Å². The molecule has 37 heavy (non-hydrogen) atoms. The fourth-order valence-corrected chi connectivity index (χ4v) is 5.37. The number of rotatable bonds is 19. The van der Waals surface area contributed by atoms with Gasteiger partial charge in [-0.15, -0.1) is 0 Å². The van der Waals surface area contributed by atoms with Crippen LogP contribution in [0.4, 0.5) is 0 Å². The highest BCUT2D eigenvalue weighted by Crippen LogP contribution is 2.21. The minimum atomic E-state index is 0.379. The Kier molecular flexibility index (Phi) is 14.8. The first-order valence-electron chi connectivity index (χ1n) is 15.2. The molecule has 0 amide bonds. The van der Waals surface area contributed by atoms with Crippen molar-refractivity contribution in [1.82, 2.24) is 0 Å². The van der Waals surface area contributed by atoms with Crippen LogP contribution in [0.15, 0.2) is 48.5 Å². The SMILES string of the molecule is CCC(COc1ccc(CCCC(C)CC(C)C)cc1)COc1ccc(CCCC(C)CC(C)C)cc1. The average Bonchev–Trinajstić information content (AvgIpc) is 2.85. The van der Waals surface area contributed by atoms with E-state index in [4.69, 9.17) is 9.47 Å². The summed E-state index contributed by atoms with van der Waals surface area (Å²) >= 11 is 0. The fourth-order valence-electron chi connectivity index (χ4n) is 5.37. The third kappa shape index (κ3) is 14.0. The molecule has 0 aliphatic rings. The van der Waals surface area contributed by atoms with E-state index in [0.717, 1.165) is 54.4 Å². The van der Waals surface area contributed by atoms with Gasteiger partial charge >= 0.3 is 0 Å². The molecule has 0 N–H and O–H groups in total. The van der Waals surface area contributed by atoms with E-state index in [1.165, 1.54) is 49.7 Å². The summed E-state index contributed by atoms with van der Waals surface area (Å²) in [6.07, 6.45) is 11.2. The van der Waals surface area contributed by atoms with Gasteiger partial charge in [0.15, 0.2) is 0 Å². The molecule has 0 saturated heterocycles. The summed E-state index contributed by atoms with van der Waals surface area (Å²) in [5.74, 6) is 5.54. The first kappa shape index (κ1) is 31.3. The first-order chi connectivity index (χ1) is 17.7. The van der Waals surface area contributed by atoms with Crippen molar-refractivity contribution in [3.8, 4) is 11.5 Å². The molecule has 0 aliphatic carbocycles. The van der Waals surface area contributed by atoms with E-state index < -0.39 is 0 Å². The molecule has 2 atom stereocenters. The van der Waals surface area contributed by atoms with Gasteiger partial charge in [0.1, 0.15) is 11.5 Å². The van der Waals surface area contributed by atoms with Gasteiger partial charge in [-0.3, -0.25) is 0 Å². The lowest BCUT2D eigenvalue weighted by Gasteiger charge is -2.17. The lowest BCUT2D eigenvalue weighted by Crippen LogP contribution is -2.19. The number of hydrogen-bond donors (Lipinski definition) is 0. The average molecular weight is 509 g/mol. The van der Waals surface area contributed by atoms with Gasteiger partial charge in [0, 0.05) is 5.92 Å². The van der Waals surface area contributed by atoms with Crippen LogP contribution in [-0.4, -0.2) is 13.2 Å². The van der Waals surface area contributed by atoms with E-state index in [2.05, 4.69) is 97.0 Å². The Morgan fingerprint density at radius 2 is 0.946 bits per heavy atom. The zero-order valence-electron chi connectivity index (χ0n) is 25.1. The highest BCUT2D eigenvalue weighted by atomic mass is 16.5. The zero-order chi connectivity index (χ0) is 27.0. The maximum absolute atomic E-state index is 6.12. The Morgan fingerprint density at radius 3 is 1.27 bits per heavy atom. The predicted molar refractivity (Wildman–Crippen MR) is 161 cm³/mol. The lowest BCUT2D eigenvalue weighted by atomic mass is 9.93. The predicted octanol–water partition coefficient (Wildman–Crippen LogP) is 10.2. The van der Waals surface area contributed by atoms with Gasteiger partial charge in [-0.25, -0.2) is 0 Å². The summed E-state index contributed by atoms with van der Waals surface area (Å²) in [6.45, 7) is 17.6. The van der Waals surface area contributed by atoms with Crippen LogP contribution in [-0.2, 0) is 12.8 Å². The molecule has 0 saturated carbocycles. The number of hydrogen-bond acceptors (Lipinski definition) is 2. The number of aryl methyl sites for hydroxylation is 2. The Hall–Kier alpha value is -1.96. The smallest absolute Gasteiger partial charge is 0.119 e. The summed E-state index contributed by atoms with van der Waals surface area (Å²) in [6, 6.07) is 17.4. The van der Waals surface area contributed by atoms with Crippen molar-refractivity contribution in [1.29, 1.82) is 0 Å². The van der Waals surface area contributed by atoms with E-state index in [1.807, 2.05) is 0 Å². The van der Waals surface area contributed by atoms with Crippen LogP contribution in [0.5, 0.6) is 11.5 Å². The molecule has 0 aromatic heterocycles. The molecule has 2 nitrogen and oxygen atoms in total. The molecule has 0 aliphatic heterocycles. The Morgan fingerprint density at radius 1 is 0.568 bits per heavy atom. The van der Waals surface area contributed by atoms with Gasteiger partial charge in [0.05, 0.1) is 13.2 Å². The van der Waals surface area contributed by atoms with Crippen molar-refractivity contribution in [2.45, 2.75) is 106 Å². The molecule has 0 bridgehead atoms. The summed E-state index contributed by atoms with van der Waals surface area (Å²) in [4.78, 5) is 0. The molecule has 2 heteroatoms. The second kappa shape index (κ2) is 17.5. The lowest BCUT2D eigenvalue weighted by molar-refractivity contribution is 0.173. The summed E-state index contributed by atoms with van der Waals surface area (Å²) in [7, 11) is 0. The highest BCUT2D eigenvalue weighted by molar-refractivity contribution is 5.28. The summed E-state index contributed by atoms with van der Waals surface area (Å²) in [5.41, 5.74) is 2.82. The summed E-state index contributed by atoms with van der Waals surface area (Å²) < 4.78 is 12.2. The Labute approximate surface area is 229 Å². The topological polar surface area (TPSA) is 18.5 Å². The van der Waals surface area contributed by atoms with Crippen LogP contribution >= 0.6 is 0 Å². The van der Waals surface area contributed by atoms with E-state index in [9.17, 15) is 0 Å². The van der Waals surface area contributed by atoms with Crippen LogP contribution in [0.1, 0.15) is 105 Å². The van der Waals surface area contributed by atoms with Gasteiger partial charge in [-0.05, 0) is 104 Å². The third-order valence-electron chi connectivity index (χ3n) is 7.47. The Bertz CT molecular complexity index is 752. The Balaban J connectivity index is 1.67. The molecule has 208 valence electrons. The number of ether oxygens (including phenoxy) is 2. The van der Waals surface area contributed by atoms with E-state index in [-0.39, 0.29) is 0 Å². The molecular formula is C35H56O2. The monoisotopic (exact) mass is 508 g/mol. The van der Waals surface area contributed by atoms with Crippen molar-refractivity contribution in [3.63, 3.8) is 0 Å². The first-order valence-corrected chi connectivity index (χ1v) is 15.2. The van der Waals surface area contributed by atoms with Gasteiger partial charge in [-0.1, -0.05) is 85.6 Å². The maximum atomic E-state index is 6.12. The zero-order valence-corrected chi connectivity index (χ0v) is 25.1. The molecule has 0 fully saturated rings. The molecule has 0 heterocycles. The van der Waals surface area contributed by atoms with Crippen molar-refractivity contribution in [2.75, 3.05) is 13.2 Å². The van der Waals surface area contributed by atoms with Gasteiger partial charge < -0.3 is 9.47 Å². The van der Waals surface area contributed by atoms with Crippen LogP contribution in [0.3, 0.4) is 0 Å². The van der Waals surface area contributed by atoms with Crippen LogP contribution in [0, 0.1) is 29.6 Å². The van der Waals surface area contributed by atoms with Gasteiger partial charge in [0.25, 0.3) is 0 Å². The minimum Gasteiger partial charge on any atom is -0.493 e. The molecular weight excluding hydrogens is 452 g/mol. The molecule has 2 unspecified atom stereocenters. The normalized spacial score (nSPS) is 14.1. The molecule has 2 rings (SSSR count). The third-order valence-corrected chi connectivity index (χ3v) is 7.47. The van der Waals surface area contributed by atoms with Gasteiger partial charge in [-0.2, -0.15) is 0 Å². The molecule has 2 aromatic carbocycles. The summed E-state index contributed by atoms with van der Waals surface area (Å²) in [5, 5.41) is 0. The molecule has 2 aromatic rings. The van der Waals surface area contributed by atoms with Crippen molar-refractivity contribution in [2.24, 2.45) is 29.6 Å². The largest absolute Gasteiger partial charge is 0.493 e. The molecule has 0 radical (unpaired) electrons. The maximum Gasteiger partial charge on any atom is 0.119 e. The molecule has 0 spiro atoms. The van der Waals surface area contributed by atoms with E-state index in [0.29, 0.717) is 19.1 Å². The van der Waals surface area contributed by atoms with E-state index in [1.54, 1.807) is 0 Å². The van der Waals surface area contributed by atoms with Crippen molar-refractivity contribution in [3.05, 3.63) is 59.7 Å². The quantitative estimate of drug-likeness (QED) is 0.188. The second-order valence-corrected chi connectivity index (χ2v) is 12.4. The van der Waals surface area contributed by atoms with Crippen LogP contribution in [0.25, 0.3) is 0 Å². The number of benzene rings is 2. The van der Waals surface area contributed by atoms with Crippen molar-refractivity contribution < 1.29 is 9.47 Å².